The Bertz CT molecular complexity index is 930. The van der Waals surface area contributed by atoms with Crippen LogP contribution in [0.25, 0.3) is 0 Å². The Kier molecular flexibility index (Phi) is 8.58. The van der Waals surface area contributed by atoms with Crippen molar-refractivity contribution < 1.29 is 48.3 Å². The number of carboxylic acid groups (broad SMARTS) is 2. The molecule has 10 nitrogen and oxygen atoms in total. The molecule has 0 amide bonds. The third-order valence-electron chi connectivity index (χ3n) is 3.96. The predicted octanol–water partition coefficient (Wildman–Crippen LogP) is 3.17. The summed E-state index contributed by atoms with van der Waals surface area (Å²) in [7, 11) is 0. The molecule has 32 heavy (non-hydrogen) atoms. The van der Waals surface area contributed by atoms with E-state index in [2.05, 4.69) is 0 Å². The molecule has 0 bridgehead atoms. The van der Waals surface area contributed by atoms with E-state index < -0.39 is 23.9 Å². The second-order valence-electron chi connectivity index (χ2n) is 6.47. The molecule has 0 unspecified atom stereocenters. The van der Waals surface area contributed by atoms with E-state index in [1.165, 1.54) is 36.4 Å². The van der Waals surface area contributed by atoms with Crippen molar-refractivity contribution in [2.24, 2.45) is 0 Å². The van der Waals surface area contributed by atoms with E-state index in [0.29, 0.717) is 12.8 Å². The largest absolute Gasteiger partial charge is 0.490 e. The number of unbranched alkanes of at least 4 members (excludes halogenated alkanes) is 1. The highest BCUT2D eigenvalue weighted by Gasteiger charge is 2.19. The lowest BCUT2D eigenvalue weighted by Crippen LogP contribution is -2.11. The minimum absolute atomic E-state index is 0.118. The van der Waals surface area contributed by atoms with E-state index >= 15 is 0 Å². The molecule has 2 aromatic rings. The number of para-hydroxylation sites is 2. The number of carbonyl (C=O) groups is 4. The maximum absolute atomic E-state index is 11.3. The number of esters is 2. The van der Waals surface area contributed by atoms with Crippen LogP contribution in [-0.2, 0) is 9.59 Å². The molecule has 2 N–H and O–H groups in total. The first kappa shape index (κ1) is 24.2. The van der Waals surface area contributed by atoms with Crippen LogP contribution >= 0.6 is 0 Å². The molecule has 0 fully saturated rings. The second kappa shape index (κ2) is 11.3. The summed E-state index contributed by atoms with van der Waals surface area (Å²) in [5, 5.41) is 18.5. The summed E-state index contributed by atoms with van der Waals surface area (Å²) in [5.41, 5.74) is -0.394. The highest BCUT2D eigenvalue weighted by atomic mass is 16.6. The highest BCUT2D eigenvalue weighted by molar-refractivity contribution is 5.93. The van der Waals surface area contributed by atoms with Gasteiger partial charge in [0.05, 0.1) is 13.2 Å². The smallest absolute Gasteiger partial charge is 0.339 e. The Labute approximate surface area is 183 Å². The summed E-state index contributed by atoms with van der Waals surface area (Å²) in [6, 6.07) is 8.52. The minimum atomic E-state index is -1.26. The van der Waals surface area contributed by atoms with E-state index in [9.17, 15) is 29.4 Å². The van der Waals surface area contributed by atoms with Gasteiger partial charge in [0.15, 0.2) is 23.0 Å². The SMILES string of the molecule is CC(=O)Oc1c(OCCCCOc2cccc(C(=O)O)c2OC(C)=O)cccc1C(=O)O. The van der Waals surface area contributed by atoms with Gasteiger partial charge in [-0.05, 0) is 37.1 Å². The fourth-order valence-electron chi connectivity index (χ4n) is 2.66. The van der Waals surface area contributed by atoms with Crippen LogP contribution in [0.15, 0.2) is 36.4 Å². The van der Waals surface area contributed by atoms with Crippen molar-refractivity contribution in [3.8, 4) is 23.0 Å². The normalized spacial score (nSPS) is 10.2. The molecule has 0 heterocycles. The predicted molar refractivity (Wildman–Crippen MR) is 110 cm³/mol. The molecule has 170 valence electrons. The summed E-state index contributed by atoms with van der Waals surface area (Å²) in [6.45, 7) is 2.66. The molecule has 0 spiro atoms. The Morgan fingerprint density at radius 3 is 1.38 bits per heavy atom. The van der Waals surface area contributed by atoms with Crippen LogP contribution in [0, 0.1) is 0 Å². The molecule has 0 aliphatic heterocycles. The molecule has 2 aromatic carbocycles. The summed E-state index contributed by atoms with van der Waals surface area (Å²) >= 11 is 0. The van der Waals surface area contributed by atoms with Crippen molar-refractivity contribution in [1.82, 2.24) is 0 Å². The van der Waals surface area contributed by atoms with Gasteiger partial charge in [0.25, 0.3) is 0 Å². The van der Waals surface area contributed by atoms with E-state index in [4.69, 9.17) is 18.9 Å². The van der Waals surface area contributed by atoms with Gasteiger partial charge in [0.1, 0.15) is 11.1 Å². The number of hydrogen-bond acceptors (Lipinski definition) is 8. The molecular formula is C22H22O10. The Hall–Kier alpha value is -4.08. The quantitative estimate of drug-likeness (QED) is 0.300. The summed E-state index contributed by atoms with van der Waals surface area (Å²) in [6.07, 6.45) is 0.969. The first-order chi connectivity index (χ1) is 15.2. The fraction of sp³-hybridized carbons (Fsp3) is 0.273. The van der Waals surface area contributed by atoms with Crippen molar-refractivity contribution >= 4 is 23.9 Å². The summed E-state index contributed by atoms with van der Waals surface area (Å²) in [5.74, 6) is -3.96. The van der Waals surface area contributed by atoms with Crippen LogP contribution in [0.5, 0.6) is 23.0 Å². The lowest BCUT2D eigenvalue weighted by molar-refractivity contribution is -0.133. The molecule has 0 aliphatic rings. The zero-order valence-corrected chi connectivity index (χ0v) is 17.5. The number of carbonyl (C=O) groups excluding carboxylic acids is 2. The number of aromatic carboxylic acids is 2. The number of benzene rings is 2. The van der Waals surface area contributed by atoms with Crippen molar-refractivity contribution in [2.75, 3.05) is 13.2 Å². The van der Waals surface area contributed by atoms with Gasteiger partial charge >= 0.3 is 23.9 Å². The Morgan fingerprint density at radius 2 is 1.06 bits per heavy atom. The summed E-state index contributed by atoms with van der Waals surface area (Å²) < 4.78 is 21.1. The molecule has 0 atom stereocenters. The van der Waals surface area contributed by atoms with Crippen molar-refractivity contribution in [1.29, 1.82) is 0 Å². The standard InChI is InChI=1S/C22H22O10/c1-13(23)31-19-15(21(25)26)7-5-9-17(19)29-11-3-4-12-30-18-10-6-8-16(22(27)28)20(18)32-14(2)24/h5-10H,3-4,11-12H2,1-2H3,(H,25,26)(H,27,28). The number of ether oxygens (including phenoxy) is 4. The van der Waals surface area contributed by atoms with E-state index in [1.807, 2.05) is 0 Å². The molecule has 0 aromatic heterocycles. The zero-order valence-electron chi connectivity index (χ0n) is 17.5. The Morgan fingerprint density at radius 1 is 0.688 bits per heavy atom. The number of carboxylic acids is 2. The lowest BCUT2D eigenvalue weighted by atomic mass is 10.2. The topological polar surface area (TPSA) is 146 Å². The summed E-state index contributed by atoms with van der Waals surface area (Å²) in [4.78, 5) is 45.3. The van der Waals surface area contributed by atoms with Gasteiger partial charge in [0, 0.05) is 13.8 Å². The van der Waals surface area contributed by atoms with Crippen LogP contribution in [0.1, 0.15) is 47.4 Å². The highest BCUT2D eigenvalue weighted by Crippen LogP contribution is 2.33. The molecule has 10 heteroatoms. The molecule has 0 aliphatic carbocycles. The van der Waals surface area contributed by atoms with E-state index in [0.717, 1.165) is 13.8 Å². The van der Waals surface area contributed by atoms with E-state index in [-0.39, 0.29) is 47.3 Å². The average molecular weight is 446 g/mol. The molecule has 0 radical (unpaired) electrons. The van der Waals surface area contributed by atoms with Crippen molar-refractivity contribution in [3.63, 3.8) is 0 Å². The molecular weight excluding hydrogens is 424 g/mol. The minimum Gasteiger partial charge on any atom is -0.490 e. The van der Waals surface area contributed by atoms with Crippen molar-refractivity contribution in [3.05, 3.63) is 47.5 Å². The van der Waals surface area contributed by atoms with Crippen LogP contribution in [0.4, 0.5) is 0 Å². The fourth-order valence-corrected chi connectivity index (χ4v) is 2.66. The van der Waals surface area contributed by atoms with Gasteiger partial charge in [0.2, 0.25) is 0 Å². The number of rotatable bonds is 11. The van der Waals surface area contributed by atoms with Crippen LogP contribution in [0.3, 0.4) is 0 Å². The van der Waals surface area contributed by atoms with Crippen molar-refractivity contribution in [2.45, 2.75) is 26.7 Å². The first-order valence-corrected chi connectivity index (χ1v) is 9.55. The first-order valence-electron chi connectivity index (χ1n) is 9.55. The average Bonchev–Trinajstić information content (AvgIpc) is 2.71. The second-order valence-corrected chi connectivity index (χ2v) is 6.47. The molecule has 0 saturated carbocycles. The van der Waals surface area contributed by atoms with Gasteiger partial charge in [-0.25, -0.2) is 9.59 Å². The molecule has 2 rings (SSSR count). The monoisotopic (exact) mass is 446 g/mol. The van der Waals surface area contributed by atoms with E-state index in [1.54, 1.807) is 0 Å². The van der Waals surface area contributed by atoms with Gasteiger partial charge in [-0.3, -0.25) is 9.59 Å². The van der Waals surface area contributed by atoms with Crippen LogP contribution in [0.2, 0.25) is 0 Å². The zero-order chi connectivity index (χ0) is 23.7. The maximum Gasteiger partial charge on any atom is 0.339 e. The Balaban J connectivity index is 1.95. The van der Waals surface area contributed by atoms with Crippen LogP contribution < -0.4 is 18.9 Å². The van der Waals surface area contributed by atoms with Gasteiger partial charge in [-0.15, -0.1) is 0 Å². The van der Waals surface area contributed by atoms with Gasteiger partial charge in [-0.2, -0.15) is 0 Å². The maximum atomic E-state index is 11.3. The van der Waals surface area contributed by atoms with Gasteiger partial charge < -0.3 is 29.2 Å². The van der Waals surface area contributed by atoms with Crippen LogP contribution in [-0.4, -0.2) is 47.3 Å². The third kappa shape index (κ3) is 6.73. The van der Waals surface area contributed by atoms with Gasteiger partial charge in [-0.1, -0.05) is 12.1 Å². The lowest BCUT2D eigenvalue weighted by Gasteiger charge is -2.14. The third-order valence-corrected chi connectivity index (χ3v) is 3.96. The molecule has 0 saturated heterocycles. The number of hydrogen-bond donors (Lipinski definition) is 2.